The van der Waals surface area contributed by atoms with Crippen molar-refractivity contribution in [2.24, 2.45) is 0 Å². The summed E-state index contributed by atoms with van der Waals surface area (Å²) in [6.07, 6.45) is 1.40. The van der Waals surface area contributed by atoms with E-state index in [1.807, 2.05) is 0 Å². The topological polar surface area (TPSA) is 57.6 Å². The molecule has 18 heavy (non-hydrogen) atoms. The minimum atomic E-state index is -3.64. The summed E-state index contributed by atoms with van der Waals surface area (Å²) in [7, 11) is -3.64. The largest absolute Gasteiger partial charge is 0.395 e. The predicted octanol–water partition coefficient (Wildman–Crippen LogP) is 1.28. The molecule has 1 atom stereocenters. The van der Waals surface area contributed by atoms with E-state index < -0.39 is 15.8 Å². The third-order valence-corrected chi connectivity index (χ3v) is 5.37. The molecule has 0 radical (unpaired) electrons. The fourth-order valence-corrected chi connectivity index (χ4v) is 4.23. The highest BCUT2D eigenvalue weighted by Gasteiger charge is 2.35. The van der Waals surface area contributed by atoms with Crippen LogP contribution in [0.2, 0.25) is 0 Å². The summed E-state index contributed by atoms with van der Waals surface area (Å²) < 4.78 is 39.2. The number of hydrogen-bond acceptors (Lipinski definition) is 3. The van der Waals surface area contributed by atoms with E-state index in [0.29, 0.717) is 18.5 Å². The maximum absolute atomic E-state index is 13.0. The molecule has 1 aliphatic rings. The van der Waals surface area contributed by atoms with Gasteiger partial charge in [-0.05, 0) is 43.5 Å². The number of benzene rings is 1. The Morgan fingerprint density at radius 2 is 2.22 bits per heavy atom. The van der Waals surface area contributed by atoms with Gasteiger partial charge in [-0.25, -0.2) is 12.8 Å². The predicted molar refractivity (Wildman–Crippen MR) is 65.1 cm³/mol. The highest BCUT2D eigenvalue weighted by atomic mass is 32.2. The molecule has 1 fully saturated rings. The number of rotatable bonds is 3. The zero-order valence-electron chi connectivity index (χ0n) is 10.1. The monoisotopic (exact) mass is 273 g/mol. The van der Waals surface area contributed by atoms with Crippen molar-refractivity contribution in [3.63, 3.8) is 0 Å². The Labute approximate surface area is 106 Å². The van der Waals surface area contributed by atoms with Crippen molar-refractivity contribution in [3.8, 4) is 0 Å². The van der Waals surface area contributed by atoms with Crippen LogP contribution in [-0.2, 0) is 10.0 Å². The highest BCUT2D eigenvalue weighted by Crippen LogP contribution is 2.27. The second-order valence-corrected chi connectivity index (χ2v) is 6.36. The summed E-state index contributed by atoms with van der Waals surface area (Å²) in [5, 5.41) is 9.19. The van der Waals surface area contributed by atoms with Crippen LogP contribution in [0.5, 0.6) is 0 Å². The van der Waals surface area contributed by atoms with Crippen LogP contribution in [0.15, 0.2) is 23.1 Å². The first-order valence-corrected chi connectivity index (χ1v) is 7.29. The third-order valence-electron chi connectivity index (χ3n) is 3.26. The lowest BCUT2D eigenvalue weighted by molar-refractivity contribution is 0.213. The number of nitrogens with zero attached hydrogens (tertiary/aromatic N) is 1. The molecule has 1 aromatic rings. The van der Waals surface area contributed by atoms with Gasteiger partial charge in [-0.1, -0.05) is 0 Å². The van der Waals surface area contributed by atoms with E-state index in [9.17, 15) is 17.9 Å². The van der Waals surface area contributed by atoms with Gasteiger partial charge in [0.25, 0.3) is 0 Å². The minimum Gasteiger partial charge on any atom is -0.395 e. The summed E-state index contributed by atoms with van der Waals surface area (Å²) in [5.41, 5.74) is 0.388. The van der Waals surface area contributed by atoms with Gasteiger partial charge in [0, 0.05) is 12.6 Å². The molecule has 100 valence electrons. The number of aryl methyl sites for hydroxylation is 1. The lowest BCUT2D eigenvalue weighted by Crippen LogP contribution is -2.37. The molecule has 6 heteroatoms. The SMILES string of the molecule is Cc1cc(F)ccc1S(=O)(=O)N1CCC[C@@H]1CO. The highest BCUT2D eigenvalue weighted by molar-refractivity contribution is 7.89. The first kappa shape index (κ1) is 13.5. The number of halogens is 1. The zero-order valence-corrected chi connectivity index (χ0v) is 11.0. The maximum atomic E-state index is 13.0. The summed E-state index contributed by atoms with van der Waals surface area (Å²) in [4.78, 5) is 0.115. The second-order valence-electron chi connectivity index (χ2n) is 4.50. The first-order chi connectivity index (χ1) is 8.46. The van der Waals surface area contributed by atoms with Gasteiger partial charge < -0.3 is 5.11 Å². The maximum Gasteiger partial charge on any atom is 0.243 e. The van der Waals surface area contributed by atoms with Gasteiger partial charge in [-0.15, -0.1) is 0 Å². The van der Waals surface area contributed by atoms with Crippen molar-refractivity contribution in [2.75, 3.05) is 13.2 Å². The summed E-state index contributed by atoms with van der Waals surface area (Å²) >= 11 is 0. The van der Waals surface area contributed by atoms with E-state index in [0.717, 1.165) is 12.5 Å². The molecule has 0 bridgehead atoms. The average Bonchev–Trinajstić information content (AvgIpc) is 2.76. The van der Waals surface area contributed by atoms with Crippen molar-refractivity contribution < 1.29 is 17.9 Å². The summed E-state index contributed by atoms with van der Waals surface area (Å²) in [6, 6.07) is 3.27. The standard InChI is InChI=1S/C12H16FNO3S/c1-9-7-10(13)4-5-12(9)18(16,17)14-6-2-3-11(14)8-15/h4-5,7,11,15H,2-3,6,8H2,1H3/t11-/m1/s1. The Hall–Kier alpha value is -0.980. The minimum absolute atomic E-state index is 0.115. The van der Waals surface area contributed by atoms with Gasteiger partial charge in [0.1, 0.15) is 5.82 Å². The van der Waals surface area contributed by atoms with Crippen molar-refractivity contribution in [2.45, 2.75) is 30.7 Å². The lowest BCUT2D eigenvalue weighted by atomic mass is 10.2. The van der Waals surface area contributed by atoms with E-state index in [4.69, 9.17) is 0 Å². The molecule has 0 aliphatic carbocycles. The summed E-state index contributed by atoms with van der Waals surface area (Å²) in [5.74, 6) is -0.452. The fraction of sp³-hybridized carbons (Fsp3) is 0.500. The van der Waals surface area contributed by atoms with Gasteiger partial charge in [-0.3, -0.25) is 0 Å². The molecule has 1 aliphatic heterocycles. The Kier molecular flexibility index (Phi) is 3.70. The van der Waals surface area contributed by atoms with Crippen LogP contribution in [0.1, 0.15) is 18.4 Å². The number of hydrogen-bond donors (Lipinski definition) is 1. The van der Waals surface area contributed by atoms with Crippen LogP contribution in [0, 0.1) is 12.7 Å². The molecule has 0 unspecified atom stereocenters. The second kappa shape index (κ2) is 4.95. The Morgan fingerprint density at radius 1 is 1.50 bits per heavy atom. The molecular formula is C12H16FNO3S. The fourth-order valence-electron chi connectivity index (χ4n) is 2.34. The van der Waals surface area contributed by atoms with Gasteiger partial charge in [-0.2, -0.15) is 4.31 Å². The molecule has 1 heterocycles. The van der Waals surface area contributed by atoms with Gasteiger partial charge in [0.2, 0.25) is 10.0 Å². The third kappa shape index (κ3) is 2.28. The molecule has 1 aromatic carbocycles. The average molecular weight is 273 g/mol. The molecule has 4 nitrogen and oxygen atoms in total. The van der Waals surface area contributed by atoms with E-state index in [1.54, 1.807) is 6.92 Å². The first-order valence-electron chi connectivity index (χ1n) is 5.85. The van der Waals surface area contributed by atoms with E-state index >= 15 is 0 Å². The molecular weight excluding hydrogens is 257 g/mol. The normalized spacial score (nSPS) is 21.4. The number of aliphatic hydroxyl groups excluding tert-OH is 1. The van der Waals surface area contributed by atoms with Crippen molar-refractivity contribution >= 4 is 10.0 Å². The van der Waals surface area contributed by atoms with Crippen LogP contribution in [-0.4, -0.2) is 37.0 Å². The van der Waals surface area contributed by atoms with Crippen LogP contribution >= 0.6 is 0 Å². The lowest BCUT2D eigenvalue weighted by Gasteiger charge is -2.23. The number of sulfonamides is 1. The smallest absolute Gasteiger partial charge is 0.243 e. The molecule has 0 spiro atoms. The van der Waals surface area contributed by atoms with E-state index in [-0.39, 0.29) is 17.5 Å². The summed E-state index contributed by atoms with van der Waals surface area (Å²) in [6.45, 7) is 1.80. The number of aliphatic hydroxyl groups is 1. The van der Waals surface area contributed by atoms with E-state index in [2.05, 4.69) is 0 Å². The van der Waals surface area contributed by atoms with Crippen molar-refractivity contribution in [1.29, 1.82) is 0 Å². The molecule has 0 saturated carbocycles. The van der Waals surface area contributed by atoms with Gasteiger partial charge >= 0.3 is 0 Å². The van der Waals surface area contributed by atoms with Crippen molar-refractivity contribution in [3.05, 3.63) is 29.6 Å². The Bertz CT molecular complexity index is 544. The molecule has 1 saturated heterocycles. The van der Waals surface area contributed by atoms with Crippen LogP contribution in [0.4, 0.5) is 4.39 Å². The van der Waals surface area contributed by atoms with E-state index in [1.165, 1.54) is 16.4 Å². The van der Waals surface area contributed by atoms with Gasteiger partial charge in [0.05, 0.1) is 11.5 Å². The molecule has 0 amide bonds. The van der Waals surface area contributed by atoms with Crippen LogP contribution < -0.4 is 0 Å². The van der Waals surface area contributed by atoms with Crippen molar-refractivity contribution in [1.82, 2.24) is 4.31 Å². The van der Waals surface area contributed by atoms with Crippen LogP contribution in [0.3, 0.4) is 0 Å². The van der Waals surface area contributed by atoms with Crippen LogP contribution in [0.25, 0.3) is 0 Å². The zero-order chi connectivity index (χ0) is 13.3. The molecule has 2 rings (SSSR count). The van der Waals surface area contributed by atoms with Gasteiger partial charge in [0.15, 0.2) is 0 Å². The molecule has 1 N–H and O–H groups in total. The molecule has 0 aromatic heterocycles. The quantitative estimate of drug-likeness (QED) is 0.902. The Balaban J connectivity index is 2.42. The Morgan fingerprint density at radius 3 is 2.83 bits per heavy atom.